The number of carbonyl (C=O) groups excluding carboxylic acids is 3. The zero-order chi connectivity index (χ0) is 14.0. The topological polar surface area (TPSA) is 63.2 Å². The number of halogens is 3. The highest BCUT2D eigenvalue weighted by Crippen LogP contribution is 2.35. The van der Waals surface area contributed by atoms with Crippen LogP contribution in [0.1, 0.15) is 32.6 Å². The van der Waals surface area contributed by atoms with E-state index in [0.717, 1.165) is 0 Å². The van der Waals surface area contributed by atoms with Gasteiger partial charge in [-0.2, -0.15) is 13.2 Å². The molecule has 1 saturated carbocycles. The number of amides is 1. The van der Waals surface area contributed by atoms with E-state index in [0.29, 0.717) is 0 Å². The first-order valence-corrected chi connectivity index (χ1v) is 5.59. The van der Waals surface area contributed by atoms with Crippen molar-refractivity contribution in [2.45, 2.75) is 38.8 Å². The zero-order valence-corrected chi connectivity index (χ0v) is 9.89. The monoisotopic (exact) mass is 265 g/mol. The maximum atomic E-state index is 11.9. The molecule has 0 unspecified atom stereocenters. The Labute approximate surface area is 102 Å². The van der Waals surface area contributed by atoms with Crippen molar-refractivity contribution in [3.63, 3.8) is 0 Å². The Hall–Kier alpha value is -1.40. The molecule has 0 radical (unpaired) electrons. The van der Waals surface area contributed by atoms with Crippen LogP contribution in [0.3, 0.4) is 0 Å². The van der Waals surface area contributed by atoms with Crippen LogP contribution in [0.25, 0.3) is 0 Å². The van der Waals surface area contributed by atoms with Crippen molar-refractivity contribution < 1.29 is 27.6 Å². The second-order valence-corrected chi connectivity index (χ2v) is 4.54. The van der Waals surface area contributed by atoms with Crippen LogP contribution < -0.4 is 5.32 Å². The summed E-state index contributed by atoms with van der Waals surface area (Å²) in [5, 5.41) is 1.71. The van der Waals surface area contributed by atoms with Crippen molar-refractivity contribution in [2.24, 2.45) is 5.41 Å². The zero-order valence-electron chi connectivity index (χ0n) is 9.89. The Morgan fingerprint density at radius 2 is 1.78 bits per heavy atom. The van der Waals surface area contributed by atoms with Gasteiger partial charge in [0.05, 0.1) is 5.41 Å². The minimum absolute atomic E-state index is 0.162. The molecule has 18 heavy (non-hydrogen) atoms. The number of nitrogens with one attached hydrogen (secondary N) is 1. The van der Waals surface area contributed by atoms with Gasteiger partial charge < -0.3 is 5.32 Å². The van der Waals surface area contributed by atoms with Crippen LogP contribution in [0, 0.1) is 5.41 Å². The fraction of sp³-hybridized carbons (Fsp3) is 0.727. The van der Waals surface area contributed by atoms with Gasteiger partial charge in [-0.15, -0.1) is 0 Å². The average molecular weight is 265 g/mol. The summed E-state index contributed by atoms with van der Waals surface area (Å²) in [5.41, 5.74) is -1.08. The minimum Gasteiger partial charge on any atom is -0.348 e. The van der Waals surface area contributed by atoms with Gasteiger partial charge in [-0.3, -0.25) is 14.4 Å². The Bertz CT molecular complexity index is 360. The maximum absolute atomic E-state index is 11.9. The third-order valence-corrected chi connectivity index (χ3v) is 3.21. The molecule has 0 aromatic heterocycles. The third-order valence-electron chi connectivity index (χ3n) is 3.21. The van der Waals surface area contributed by atoms with Crippen LogP contribution in [0.5, 0.6) is 0 Å². The summed E-state index contributed by atoms with van der Waals surface area (Å²) in [7, 11) is 0. The highest BCUT2D eigenvalue weighted by atomic mass is 19.4. The molecular weight excluding hydrogens is 251 g/mol. The highest BCUT2D eigenvalue weighted by molar-refractivity contribution is 6.12. The van der Waals surface area contributed by atoms with E-state index >= 15 is 0 Å². The molecule has 0 saturated heterocycles. The molecule has 0 spiro atoms. The van der Waals surface area contributed by atoms with E-state index in [-0.39, 0.29) is 43.8 Å². The summed E-state index contributed by atoms with van der Waals surface area (Å²) < 4.78 is 35.6. The second kappa shape index (κ2) is 5.07. The Morgan fingerprint density at radius 1 is 1.28 bits per heavy atom. The standard InChI is InChI=1S/C11H14F3NO3/c1-10(7(16)3-4-8(10)17)5-2-6-15-9(18)11(12,13)14/h2-6H2,1H3,(H,15,18). The average Bonchev–Trinajstić information content (AvgIpc) is 2.51. The number of ketones is 2. The van der Waals surface area contributed by atoms with E-state index in [2.05, 4.69) is 0 Å². The summed E-state index contributed by atoms with van der Waals surface area (Å²) in [6, 6.07) is 0. The first-order chi connectivity index (χ1) is 8.18. The van der Waals surface area contributed by atoms with Crippen LogP contribution in [0.2, 0.25) is 0 Å². The molecular formula is C11H14F3NO3. The number of rotatable bonds is 4. The van der Waals surface area contributed by atoms with E-state index < -0.39 is 17.5 Å². The van der Waals surface area contributed by atoms with Gasteiger partial charge in [0.1, 0.15) is 11.6 Å². The first kappa shape index (κ1) is 14.7. The minimum atomic E-state index is -4.90. The smallest absolute Gasteiger partial charge is 0.348 e. The Kier molecular flexibility index (Phi) is 4.13. The van der Waals surface area contributed by atoms with Crippen LogP contribution in [0.15, 0.2) is 0 Å². The molecule has 102 valence electrons. The second-order valence-electron chi connectivity index (χ2n) is 4.54. The van der Waals surface area contributed by atoms with E-state index in [1.54, 1.807) is 5.32 Å². The largest absolute Gasteiger partial charge is 0.471 e. The van der Waals surface area contributed by atoms with Crippen molar-refractivity contribution in [1.29, 1.82) is 0 Å². The molecule has 7 heteroatoms. The normalized spacial score (nSPS) is 19.1. The summed E-state index contributed by atoms with van der Waals surface area (Å²) in [4.78, 5) is 33.5. The lowest BCUT2D eigenvalue weighted by Crippen LogP contribution is -2.38. The van der Waals surface area contributed by atoms with Crippen LogP contribution in [-0.2, 0) is 14.4 Å². The molecule has 4 nitrogen and oxygen atoms in total. The predicted molar refractivity (Wildman–Crippen MR) is 55.7 cm³/mol. The molecule has 0 atom stereocenters. The molecule has 0 heterocycles. The van der Waals surface area contributed by atoms with Crippen molar-refractivity contribution >= 4 is 17.5 Å². The van der Waals surface area contributed by atoms with Crippen molar-refractivity contribution in [1.82, 2.24) is 5.32 Å². The molecule has 0 aromatic rings. The van der Waals surface area contributed by atoms with Crippen LogP contribution in [-0.4, -0.2) is 30.2 Å². The van der Waals surface area contributed by atoms with E-state index in [4.69, 9.17) is 0 Å². The summed E-state index contributed by atoms with van der Waals surface area (Å²) >= 11 is 0. The van der Waals surface area contributed by atoms with Crippen molar-refractivity contribution in [3.8, 4) is 0 Å². The van der Waals surface area contributed by atoms with Gasteiger partial charge in [0.25, 0.3) is 0 Å². The molecule has 0 aliphatic heterocycles. The molecule has 0 aromatic carbocycles. The molecule has 1 aliphatic rings. The maximum Gasteiger partial charge on any atom is 0.471 e. The van der Waals surface area contributed by atoms with E-state index in [1.165, 1.54) is 6.92 Å². The predicted octanol–water partition coefficient (Wildman–Crippen LogP) is 1.38. The Balaban J connectivity index is 2.37. The third kappa shape index (κ3) is 3.08. The Morgan fingerprint density at radius 3 is 2.22 bits per heavy atom. The highest BCUT2D eigenvalue weighted by Gasteiger charge is 2.44. The quantitative estimate of drug-likeness (QED) is 0.617. The lowest BCUT2D eigenvalue weighted by atomic mass is 9.82. The van der Waals surface area contributed by atoms with Gasteiger partial charge >= 0.3 is 12.1 Å². The van der Waals surface area contributed by atoms with Gasteiger partial charge in [-0.25, -0.2) is 0 Å². The number of alkyl halides is 3. The molecule has 1 amide bonds. The fourth-order valence-electron chi connectivity index (χ4n) is 1.96. The molecule has 1 aliphatic carbocycles. The van der Waals surface area contributed by atoms with Crippen LogP contribution in [0.4, 0.5) is 13.2 Å². The fourth-order valence-corrected chi connectivity index (χ4v) is 1.96. The number of hydrogen-bond acceptors (Lipinski definition) is 3. The number of hydrogen-bond donors (Lipinski definition) is 1. The SMILES string of the molecule is CC1(CCCNC(=O)C(F)(F)F)C(=O)CCC1=O. The first-order valence-electron chi connectivity index (χ1n) is 5.59. The van der Waals surface area contributed by atoms with Gasteiger partial charge in [-0.1, -0.05) is 0 Å². The molecule has 0 bridgehead atoms. The van der Waals surface area contributed by atoms with Crippen molar-refractivity contribution in [2.75, 3.05) is 6.54 Å². The van der Waals surface area contributed by atoms with Gasteiger partial charge in [-0.05, 0) is 19.8 Å². The summed E-state index contributed by atoms with van der Waals surface area (Å²) in [6.45, 7) is 1.31. The van der Waals surface area contributed by atoms with Crippen LogP contribution >= 0.6 is 0 Å². The van der Waals surface area contributed by atoms with E-state index in [9.17, 15) is 27.6 Å². The lowest BCUT2D eigenvalue weighted by Gasteiger charge is -2.20. The van der Waals surface area contributed by atoms with Gasteiger partial charge in [0.2, 0.25) is 0 Å². The number of carbonyl (C=O) groups is 3. The summed E-state index contributed by atoms with van der Waals surface area (Å²) in [6.07, 6.45) is -4.17. The molecule has 1 N–H and O–H groups in total. The van der Waals surface area contributed by atoms with Gasteiger partial charge in [0, 0.05) is 19.4 Å². The van der Waals surface area contributed by atoms with E-state index in [1.807, 2.05) is 0 Å². The molecule has 1 rings (SSSR count). The lowest BCUT2D eigenvalue weighted by molar-refractivity contribution is -0.173. The number of Topliss-reactive ketones (excluding diaryl/α,β-unsaturated/α-hetero) is 2. The summed E-state index contributed by atoms with van der Waals surface area (Å²) in [5.74, 6) is -2.35. The van der Waals surface area contributed by atoms with Crippen molar-refractivity contribution in [3.05, 3.63) is 0 Å². The van der Waals surface area contributed by atoms with Gasteiger partial charge in [0.15, 0.2) is 0 Å². The molecule has 1 fully saturated rings.